The van der Waals surface area contributed by atoms with Crippen LogP contribution in [-0.2, 0) is 16.1 Å². The van der Waals surface area contributed by atoms with Crippen LogP contribution in [-0.4, -0.2) is 32.5 Å². The van der Waals surface area contributed by atoms with Crippen LogP contribution >= 0.6 is 0 Å². The minimum atomic E-state index is -0.553. The molecule has 1 aromatic rings. The Bertz CT molecular complexity index is 534. The van der Waals surface area contributed by atoms with Gasteiger partial charge in [0, 0.05) is 12.6 Å². The van der Waals surface area contributed by atoms with E-state index in [-0.39, 0.29) is 18.4 Å². The van der Waals surface area contributed by atoms with E-state index in [2.05, 4.69) is 5.10 Å². The molecule has 1 saturated heterocycles. The van der Waals surface area contributed by atoms with Gasteiger partial charge in [-0.3, -0.25) is 19.2 Å². The van der Waals surface area contributed by atoms with E-state index < -0.39 is 6.04 Å². The van der Waals surface area contributed by atoms with E-state index in [1.807, 2.05) is 16.9 Å². The van der Waals surface area contributed by atoms with Gasteiger partial charge in [-0.1, -0.05) is 19.3 Å². The standard InChI is InChI=1S/C15H22N4O2/c16-13-6-7-14(20)18(15(13)21)10-11-8-9-19(17-11)12-4-2-1-3-5-12/h8-9,12-13H,1-7,10,16H2. The number of imide groups is 1. The first kappa shape index (κ1) is 14.3. The minimum absolute atomic E-state index is 0.145. The number of nitrogens with zero attached hydrogens (tertiary/aromatic N) is 3. The van der Waals surface area contributed by atoms with Crippen molar-refractivity contribution in [3.8, 4) is 0 Å². The Kier molecular flexibility index (Phi) is 4.05. The highest BCUT2D eigenvalue weighted by Crippen LogP contribution is 2.27. The summed E-state index contributed by atoms with van der Waals surface area (Å²) in [4.78, 5) is 25.1. The molecule has 6 heteroatoms. The van der Waals surface area contributed by atoms with Gasteiger partial charge >= 0.3 is 0 Å². The van der Waals surface area contributed by atoms with Crippen molar-refractivity contribution >= 4 is 11.8 Å². The molecular formula is C15H22N4O2. The number of nitrogens with two attached hydrogens (primary N) is 1. The molecule has 2 fully saturated rings. The van der Waals surface area contributed by atoms with Crippen molar-refractivity contribution in [2.75, 3.05) is 0 Å². The molecule has 21 heavy (non-hydrogen) atoms. The molecule has 2 aliphatic rings. The second-order valence-electron chi connectivity index (χ2n) is 6.04. The first-order chi connectivity index (χ1) is 10.1. The highest BCUT2D eigenvalue weighted by molar-refractivity contribution is 6.00. The van der Waals surface area contributed by atoms with Crippen molar-refractivity contribution in [3.05, 3.63) is 18.0 Å². The normalized spacial score (nSPS) is 24.6. The third kappa shape index (κ3) is 3.00. The number of hydrogen-bond donors (Lipinski definition) is 1. The van der Waals surface area contributed by atoms with Gasteiger partial charge in [-0.2, -0.15) is 5.10 Å². The Morgan fingerprint density at radius 1 is 1.19 bits per heavy atom. The Morgan fingerprint density at radius 3 is 2.71 bits per heavy atom. The number of rotatable bonds is 3. The van der Waals surface area contributed by atoms with Gasteiger partial charge in [0.2, 0.25) is 11.8 Å². The van der Waals surface area contributed by atoms with Crippen molar-refractivity contribution in [1.82, 2.24) is 14.7 Å². The van der Waals surface area contributed by atoms with Crippen LogP contribution in [0.1, 0.15) is 56.7 Å². The quantitative estimate of drug-likeness (QED) is 0.852. The predicted octanol–water partition coefficient (Wildman–Crippen LogP) is 1.36. The van der Waals surface area contributed by atoms with Crippen LogP contribution < -0.4 is 5.73 Å². The molecule has 114 valence electrons. The molecule has 1 unspecified atom stereocenters. The summed E-state index contributed by atoms with van der Waals surface area (Å²) in [6.45, 7) is 0.241. The van der Waals surface area contributed by atoms with E-state index in [4.69, 9.17) is 5.73 Å². The van der Waals surface area contributed by atoms with Crippen LogP contribution in [0.25, 0.3) is 0 Å². The smallest absolute Gasteiger partial charge is 0.246 e. The van der Waals surface area contributed by atoms with Crippen LogP contribution in [0, 0.1) is 0 Å². The first-order valence-electron chi connectivity index (χ1n) is 7.79. The molecular weight excluding hydrogens is 268 g/mol. The van der Waals surface area contributed by atoms with Gasteiger partial charge in [0.05, 0.1) is 24.3 Å². The fraction of sp³-hybridized carbons (Fsp3) is 0.667. The van der Waals surface area contributed by atoms with Gasteiger partial charge in [0.15, 0.2) is 0 Å². The van der Waals surface area contributed by atoms with Crippen LogP contribution in [0.3, 0.4) is 0 Å². The molecule has 2 N–H and O–H groups in total. The number of carbonyl (C=O) groups is 2. The lowest BCUT2D eigenvalue weighted by Crippen LogP contribution is -2.50. The summed E-state index contributed by atoms with van der Waals surface area (Å²) >= 11 is 0. The minimum Gasteiger partial charge on any atom is -0.320 e. The number of hydrogen-bond acceptors (Lipinski definition) is 4. The van der Waals surface area contributed by atoms with Crippen molar-refractivity contribution < 1.29 is 9.59 Å². The Morgan fingerprint density at radius 2 is 1.95 bits per heavy atom. The van der Waals surface area contributed by atoms with Gasteiger partial charge < -0.3 is 5.73 Å². The van der Waals surface area contributed by atoms with E-state index in [1.165, 1.54) is 24.2 Å². The molecule has 0 bridgehead atoms. The zero-order valence-corrected chi connectivity index (χ0v) is 12.2. The molecule has 0 spiro atoms. The predicted molar refractivity (Wildman–Crippen MR) is 77.1 cm³/mol. The monoisotopic (exact) mass is 290 g/mol. The number of aromatic nitrogens is 2. The van der Waals surface area contributed by atoms with Crippen molar-refractivity contribution in [2.24, 2.45) is 5.73 Å². The van der Waals surface area contributed by atoms with Gasteiger partial charge in [-0.25, -0.2) is 0 Å². The van der Waals surface area contributed by atoms with Gasteiger partial charge in [-0.15, -0.1) is 0 Å². The first-order valence-corrected chi connectivity index (χ1v) is 7.79. The molecule has 3 rings (SSSR count). The molecule has 6 nitrogen and oxygen atoms in total. The van der Waals surface area contributed by atoms with E-state index in [9.17, 15) is 9.59 Å². The number of amides is 2. The molecule has 0 radical (unpaired) electrons. The second-order valence-corrected chi connectivity index (χ2v) is 6.04. The number of likely N-dealkylation sites (tertiary alicyclic amines) is 1. The highest BCUT2D eigenvalue weighted by atomic mass is 16.2. The summed E-state index contributed by atoms with van der Waals surface area (Å²) < 4.78 is 1.99. The van der Waals surface area contributed by atoms with Crippen LogP contribution in [0.15, 0.2) is 12.3 Å². The SMILES string of the molecule is NC1CCC(=O)N(Cc2ccn(C3CCCCC3)n2)C1=O. The lowest BCUT2D eigenvalue weighted by atomic mass is 9.96. The topological polar surface area (TPSA) is 81.2 Å². The summed E-state index contributed by atoms with van der Waals surface area (Å²) in [5, 5.41) is 4.55. The fourth-order valence-electron chi connectivity index (χ4n) is 3.20. The van der Waals surface area contributed by atoms with Crippen molar-refractivity contribution in [2.45, 2.75) is 63.6 Å². The Hall–Kier alpha value is -1.69. The molecule has 2 amide bonds. The van der Waals surface area contributed by atoms with Gasteiger partial charge in [0.25, 0.3) is 0 Å². The molecule has 1 aromatic heterocycles. The average Bonchev–Trinajstić information content (AvgIpc) is 2.97. The van der Waals surface area contributed by atoms with E-state index in [0.717, 1.165) is 18.5 Å². The molecule has 0 aromatic carbocycles. The molecule has 1 aliphatic carbocycles. The van der Waals surface area contributed by atoms with E-state index in [0.29, 0.717) is 18.9 Å². The third-order valence-electron chi connectivity index (χ3n) is 4.49. The third-order valence-corrected chi connectivity index (χ3v) is 4.49. The van der Waals surface area contributed by atoms with E-state index in [1.54, 1.807) is 0 Å². The summed E-state index contributed by atoms with van der Waals surface area (Å²) in [6, 6.07) is 1.81. The van der Waals surface area contributed by atoms with Gasteiger partial charge in [-0.05, 0) is 25.3 Å². The second kappa shape index (κ2) is 5.97. The van der Waals surface area contributed by atoms with Crippen LogP contribution in [0.4, 0.5) is 0 Å². The molecule has 1 atom stereocenters. The maximum atomic E-state index is 12.0. The van der Waals surface area contributed by atoms with Crippen LogP contribution in [0.5, 0.6) is 0 Å². The highest BCUT2D eigenvalue weighted by Gasteiger charge is 2.32. The molecule has 1 aliphatic heterocycles. The lowest BCUT2D eigenvalue weighted by Gasteiger charge is -2.28. The summed E-state index contributed by atoms with van der Waals surface area (Å²) in [7, 11) is 0. The van der Waals surface area contributed by atoms with Gasteiger partial charge in [0.1, 0.15) is 0 Å². The molecule has 1 saturated carbocycles. The fourth-order valence-corrected chi connectivity index (χ4v) is 3.20. The Balaban J connectivity index is 1.68. The Labute approximate surface area is 124 Å². The van der Waals surface area contributed by atoms with E-state index >= 15 is 0 Å². The maximum absolute atomic E-state index is 12.0. The zero-order valence-electron chi connectivity index (χ0n) is 12.2. The summed E-state index contributed by atoms with van der Waals surface area (Å²) in [5.74, 6) is -0.424. The molecule has 2 heterocycles. The maximum Gasteiger partial charge on any atom is 0.246 e. The number of carbonyl (C=O) groups excluding carboxylic acids is 2. The van der Waals surface area contributed by atoms with Crippen molar-refractivity contribution in [1.29, 1.82) is 0 Å². The summed E-state index contributed by atoms with van der Waals surface area (Å²) in [6.07, 6.45) is 8.88. The zero-order chi connectivity index (χ0) is 14.8. The average molecular weight is 290 g/mol. The lowest BCUT2D eigenvalue weighted by molar-refractivity contribution is -0.150. The largest absolute Gasteiger partial charge is 0.320 e. The summed E-state index contributed by atoms with van der Waals surface area (Å²) in [5.41, 5.74) is 6.50. The van der Waals surface area contributed by atoms with Crippen LogP contribution in [0.2, 0.25) is 0 Å². The number of piperidine rings is 1. The van der Waals surface area contributed by atoms with Crippen molar-refractivity contribution in [3.63, 3.8) is 0 Å².